The minimum atomic E-state index is 0.227. The van der Waals surface area contributed by atoms with Gasteiger partial charge in [-0.05, 0) is 44.1 Å². The average molecular weight is 294 g/mol. The number of hydrogen-bond acceptors (Lipinski definition) is 1. The Morgan fingerprint density at radius 2 is 1.95 bits per heavy atom. The second-order valence-electron chi connectivity index (χ2n) is 5.73. The summed E-state index contributed by atoms with van der Waals surface area (Å²) in [4.78, 5) is 14.2. The number of alkyl halides is 1. The normalized spacial score (nSPS) is 18.0. The van der Waals surface area contributed by atoms with Crippen molar-refractivity contribution in [1.82, 2.24) is 4.90 Å². The molecular formula is C17H24ClNO. The molecule has 1 saturated heterocycles. The molecule has 0 bridgehead atoms. The molecule has 3 heteroatoms. The van der Waals surface area contributed by atoms with Gasteiger partial charge < -0.3 is 4.90 Å². The minimum absolute atomic E-state index is 0.227. The van der Waals surface area contributed by atoms with Crippen molar-refractivity contribution in [2.24, 2.45) is 5.92 Å². The lowest BCUT2D eigenvalue weighted by Gasteiger charge is -2.33. The number of piperidine rings is 1. The molecule has 0 saturated carbocycles. The molecule has 20 heavy (non-hydrogen) atoms. The van der Waals surface area contributed by atoms with E-state index in [0.29, 0.717) is 18.2 Å². The highest BCUT2D eigenvalue weighted by Crippen LogP contribution is 2.24. The van der Waals surface area contributed by atoms with Crippen LogP contribution in [-0.4, -0.2) is 29.3 Å². The lowest BCUT2D eigenvalue weighted by molar-refractivity contribution is -0.132. The van der Waals surface area contributed by atoms with Gasteiger partial charge in [0, 0.05) is 24.9 Å². The van der Waals surface area contributed by atoms with Gasteiger partial charge in [0.05, 0.1) is 0 Å². The summed E-state index contributed by atoms with van der Waals surface area (Å²) in [5.74, 6) is 0.881. The molecule has 0 N–H and O–H groups in total. The van der Waals surface area contributed by atoms with Gasteiger partial charge in [0.1, 0.15) is 0 Å². The number of halogens is 1. The summed E-state index contributed by atoms with van der Waals surface area (Å²) in [6, 6.07) is 10.4. The first-order valence-corrected chi connectivity index (χ1v) is 8.06. The molecule has 0 spiro atoms. The van der Waals surface area contributed by atoms with Crippen LogP contribution in [-0.2, 0) is 11.2 Å². The Bertz CT molecular complexity index is 410. The molecule has 1 unspecified atom stereocenters. The first-order chi connectivity index (χ1) is 9.66. The largest absolute Gasteiger partial charge is 0.343 e. The number of carbonyl (C=O) groups is 1. The standard InChI is InChI=1S/C17H24ClNO/c1-14(18)16-10-12-19(13-11-16)17(20)9-5-8-15-6-3-2-4-7-15/h2-4,6-7,14,16H,5,8-13H2,1H3. The van der Waals surface area contributed by atoms with Crippen LogP contribution in [0.25, 0.3) is 0 Å². The van der Waals surface area contributed by atoms with Crippen molar-refractivity contribution in [3.63, 3.8) is 0 Å². The Morgan fingerprint density at radius 1 is 1.30 bits per heavy atom. The SMILES string of the molecule is CC(Cl)C1CCN(C(=O)CCCc2ccccc2)CC1. The van der Waals surface area contributed by atoms with Gasteiger partial charge in [0.2, 0.25) is 5.91 Å². The van der Waals surface area contributed by atoms with Gasteiger partial charge >= 0.3 is 0 Å². The van der Waals surface area contributed by atoms with Gasteiger partial charge in [-0.2, -0.15) is 0 Å². The van der Waals surface area contributed by atoms with Crippen LogP contribution in [0, 0.1) is 5.92 Å². The molecule has 2 rings (SSSR count). The Labute approximate surface area is 127 Å². The summed E-state index contributed by atoms with van der Waals surface area (Å²) in [7, 11) is 0. The third kappa shape index (κ3) is 4.52. The van der Waals surface area contributed by atoms with Crippen LogP contribution in [0.2, 0.25) is 0 Å². The topological polar surface area (TPSA) is 20.3 Å². The maximum atomic E-state index is 12.2. The van der Waals surface area contributed by atoms with Crippen molar-refractivity contribution < 1.29 is 4.79 Å². The molecule has 1 atom stereocenters. The lowest BCUT2D eigenvalue weighted by Crippen LogP contribution is -2.39. The number of aryl methyl sites for hydroxylation is 1. The molecule has 1 aromatic rings. The first-order valence-electron chi connectivity index (χ1n) is 7.62. The molecule has 0 aromatic heterocycles. The van der Waals surface area contributed by atoms with E-state index in [-0.39, 0.29) is 5.38 Å². The average Bonchev–Trinajstić information content (AvgIpc) is 2.48. The third-order valence-corrected chi connectivity index (χ3v) is 4.60. The molecule has 1 heterocycles. The molecule has 1 fully saturated rings. The number of rotatable bonds is 5. The van der Waals surface area contributed by atoms with Crippen LogP contribution in [0.4, 0.5) is 0 Å². The van der Waals surface area contributed by atoms with Crippen LogP contribution < -0.4 is 0 Å². The Morgan fingerprint density at radius 3 is 2.55 bits per heavy atom. The fourth-order valence-electron chi connectivity index (χ4n) is 2.85. The molecule has 110 valence electrons. The van der Waals surface area contributed by atoms with Gasteiger partial charge in [-0.3, -0.25) is 4.79 Å². The zero-order valence-corrected chi connectivity index (χ0v) is 13.0. The van der Waals surface area contributed by atoms with Crippen molar-refractivity contribution in [1.29, 1.82) is 0 Å². The maximum Gasteiger partial charge on any atom is 0.222 e. The molecule has 2 nitrogen and oxygen atoms in total. The van der Waals surface area contributed by atoms with E-state index in [9.17, 15) is 4.79 Å². The maximum absolute atomic E-state index is 12.2. The summed E-state index contributed by atoms with van der Waals surface area (Å²) < 4.78 is 0. The molecule has 0 radical (unpaired) electrons. The highest BCUT2D eigenvalue weighted by Gasteiger charge is 2.24. The van der Waals surface area contributed by atoms with E-state index in [4.69, 9.17) is 11.6 Å². The van der Waals surface area contributed by atoms with Crippen molar-refractivity contribution in [3.05, 3.63) is 35.9 Å². The molecule has 1 amide bonds. The van der Waals surface area contributed by atoms with E-state index in [0.717, 1.165) is 38.8 Å². The molecular weight excluding hydrogens is 270 g/mol. The van der Waals surface area contributed by atoms with Crippen molar-refractivity contribution in [2.45, 2.75) is 44.4 Å². The molecule has 0 aliphatic carbocycles. The third-order valence-electron chi connectivity index (χ3n) is 4.24. The summed E-state index contributed by atoms with van der Waals surface area (Å²) in [6.07, 6.45) is 4.69. The van der Waals surface area contributed by atoms with E-state index in [2.05, 4.69) is 31.2 Å². The van der Waals surface area contributed by atoms with Crippen molar-refractivity contribution in [2.75, 3.05) is 13.1 Å². The summed E-state index contributed by atoms with van der Waals surface area (Å²) in [5.41, 5.74) is 1.31. The van der Waals surface area contributed by atoms with Gasteiger partial charge in [0.15, 0.2) is 0 Å². The van der Waals surface area contributed by atoms with Crippen molar-refractivity contribution in [3.8, 4) is 0 Å². The van der Waals surface area contributed by atoms with E-state index in [1.54, 1.807) is 0 Å². The number of benzene rings is 1. The predicted molar refractivity (Wildman–Crippen MR) is 84.0 cm³/mol. The fraction of sp³-hybridized carbons (Fsp3) is 0.588. The molecule has 1 aromatic carbocycles. The number of amides is 1. The summed E-state index contributed by atoms with van der Waals surface area (Å²) in [6.45, 7) is 3.82. The Hall–Kier alpha value is -1.02. The van der Waals surface area contributed by atoms with Gasteiger partial charge in [-0.25, -0.2) is 0 Å². The summed E-state index contributed by atoms with van der Waals surface area (Å²) >= 11 is 6.13. The van der Waals surface area contributed by atoms with Crippen LogP contribution in [0.3, 0.4) is 0 Å². The highest BCUT2D eigenvalue weighted by molar-refractivity contribution is 6.20. The monoisotopic (exact) mass is 293 g/mol. The number of likely N-dealkylation sites (tertiary alicyclic amines) is 1. The van der Waals surface area contributed by atoms with Crippen LogP contribution >= 0.6 is 11.6 Å². The number of nitrogens with zero attached hydrogens (tertiary/aromatic N) is 1. The molecule has 1 aliphatic rings. The van der Waals surface area contributed by atoms with Gasteiger partial charge in [0.25, 0.3) is 0 Å². The Kier molecular flexibility index (Phi) is 5.90. The zero-order chi connectivity index (χ0) is 14.4. The second-order valence-corrected chi connectivity index (χ2v) is 6.42. The van der Waals surface area contributed by atoms with Crippen LogP contribution in [0.15, 0.2) is 30.3 Å². The van der Waals surface area contributed by atoms with Crippen LogP contribution in [0.5, 0.6) is 0 Å². The predicted octanol–water partition coefficient (Wildman–Crippen LogP) is 3.88. The van der Waals surface area contributed by atoms with E-state index >= 15 is 0 Å². The lowest BCUT2D eigenvalue weighted by atomic mass is 9.93. The van der Waals surface area contributed by atoms with E-state index in [1.165, 1.54) is 5.56 Å². The van der Waals surface area contributed by atoms with Crippen LogP contribution in [0.1, 0.15) is 38.2 Å². The first kappa shape index (κ1) is 15.4. The fourth-order valence-corrected chi connectivity index (χ4v) is 3.11. The minimum Gasteiger partial charge on any atom is -0.343 e. The smallest absolute Gasteiger partial charge is 0.222 e. The van der Waals surface area contributed by atoms with Gasteiger partial charge in [-0.1, -0.05) is 30.3 Å². The van der Waals surface area contributed by atoms with E-state index in [1.807, 2.05) is 11.0 Å². The Balaban J connectivity index is 1.68. The second kappa shape index (κ2) is 7.68. The number of carbonyl (C=O) groups excluding carboxylic acids is 1. The van der Waals surface area contributed by atoms with Gasteiger partial charge in [-0.15, -0.1) is 11.6 Å². The number of hydrogen-bond donors (Lipinski definition) is 0. The zero-order valence-electron chi connectivity index (χ0n) is 12.2. The highest BCUT2D eigenvalue weighted by atomic mass is 35.5. The quantitative estimate of drug-likeness (QED) is 0.755. The summed E-state index contributed by atoms with van der Waals surface area (Å²) in [5, 5.41) is 0.227. The van der Waals surface area contributed by atoms with E-state index < -0.39 is 0 Å². The molecule has 1 aliphatic heterocycles. The van der Waals surface area contributed by atoms with Crippen molar-refractivity contribution >= 4 is 17.5 Å².